The first kappa shape index (κ1) is 14.9. The van der Waals surface area contributed by atoms with Crippen LogP contribution in [0.25, 0.3) is 11.3 Å². The third-order valence-electron chi connectivity index (χ3n) is 2.84. The van der Waals surface area contributed by atoms with E-state index in [0.717, 1.165) is 0 Å². The van der Waals surface area contributed by atoms with Gasteiger partial charge in [0, 0.05) is 19.7 Å². The lowest BCUT2D eigenvalue weighted by atomic mass is 10.1. The monoisotopic (exact) mass is 312 g/mol. The van der Waals surface area contributed by atoms with Gasteiger partial charge in [0.05, 0.1) is 32.8 Å². The highest BCUT2D eigenvalue weighted by Gasteiger charge is 2.17. The van der Waals surface area contributed by atoms with Crippen LogP contribution in [-0.4, -0.2) is 19.1 Å². The van der Waals surface area contributed by atoms with Crippen LogP contribution >= 0.6 is 23.2 Å². The number of nitrogen functional groups attached to an aromatic ring is 1. The first-order chi connectivity index (χ1) is 9.32. The van der Waals surface area contributed by atoms with E-state index in [1.165, 1.54) is 6.07 Å². The van der Waals surface area contributed by atoms with Crippen LogP contribution in [0.2, 0.25) is 10.0 Å². The fraction of sp³-hybridized carbons (Fsp3) is 0.143. The van der Waals surface area contributed by atoms with Gasteiger partial charge in [-0.05, 0) is 25.1 Å². The molecular formula is C14H13Cl2FN3. The Hall–Kier alpha value is -1.52. The Morgan fingerprint density at radius 3 is 2.50 bits per heavy atom. The van der Waals surface area contributed by atoms with Gasteiger partial charge in [0.1, 0.15) is 0 Å². The molecule has 0 bridgehead atoms. The van der Waals surface area contributed by atoms with Crippen molar-refractivity contribution in [3.63, 3.8) is 0 Å². The zero-order chi connectivity index (χ0) is 15.0. The zero-order valence-corrected chi connectivity index (χ0v) is 12.6. The second kappa shape index (κ2) is 5.46. The molecule has 2 rings (SSSR count). The highest BCUT2D eigenvalue weighted by molar-refractivity contribution is 6.34. The molecule has 0 atom stereocenters. The summed E-state index contributed by atoms with van der Waals surface area (Å²) in [6.45, 7) is 3.69. The topological polar surface area (TPSA) is 42.2 Å². The fourth-order valence-electron chi connectivity index (χ4n) is 1.89. The molecule has 3 nitrogen and oxygen atoms in total. The molecule has 1 aromatic carbocycles. The van der Waals surface area contributed by atoms with Crippen LogP contribution in [0.5, 0.6) is 0 Å². The molecule has 2 aromatic rings. The van der Waals surface area contributed by atoms with E-state index in [1.807, 2.05) is 0 Å². The van der Waals surface area contributed by atoms with Crippen molar-refractivity contribution in [1.29, 1.82) is 0 Å². The minimum atomic E-state index is -0.462. The van der Waals surface area contributed by atoms with Crippen LogP contribution < -0.4 is 10.6 Å². The third-order valence-corrected chi connectivity index (χ3v) is 3.59. The van der Waals surface area contributed by atoms with Crippen LogP contribution in [0.4, 0.5) is 15.8 Å². The van der Waals surface area contributed by atoms with Gasteiger partial charge in [-0.1, -0.05) is 23.2 Å². The van der Waals surface area contributed by atoms with Gasteiger partial charge in [-0.3, -0.25) is 4.98 Å². The molecule has 0 fully saturated rings. The molecule has 1 heterocycles. The normalized spacial score (nSPS) is 10.7. The standard InChI is InChI=1S/C14H13Cl2FN3/c1-7-12(16)10(18)6-11(19-7)8-4-5-9(15)14(13(8)17)20(2)3/h4-6H,1H2,2-3H3,(H2,18,19). The molecule has 6 heteroatoms. The van der Waals surface area contributed by atoms with Crippen molar-refractivity contribution in [3.05, 3.63) is 46.7 Å². The van der Waals surface area contributed by atoms with Crippen LogP contribution in [0.1, 0.15) is 5.69 Å². The van der Waals surface area contributed by atoms with Crippen molar-refractivity contribution in [2.75, 3.05) is 24.7 Å². The first-order valence-electron chi connectivity index (χ1n) is 5.76. The first-order valence-corrected chi connectivity index (χ1v) is 6.52. The average molecular weight is 313 g/mol. The second-order valence-corrected chi connectivity index (χ2v) is 5.29. The van der Waals surface area contributed by atoms with Crippen molar-refractivity contribution in [2.45, 2.75) is 0 Å². The lowest BCUT2D eigenvalue weighted by molar-refractivity contribution is 0.629. The van der Waals surface area contributed by atoms with Gasteiger partial charge < -0.3 is 10.6 Å². The minimum Gasteiger partial charge on any atom is -0.397 e. The SMILES string of the molecule is [CH2]c1nc(-c2ccc(Cl)c(N(C)C)c2F)cc(N)c1Cl. The summed E-state index contributed by atoms with van der Waals surface area (Å²) < 4.78 is 14.6. The van der Waals surface area contributed by atoms with E-state index in [-0.39, 0.29) is 5.02 Å². The minimum absolute atomic E-state index is 0.274. The van der Waals surface area contributed by atoms with Crippen molar-refractivity contribution < 1.29 is 4.39 Å². The summed E-state index contributed by atoms with van der Waals surface area (Å²) >= 11 is 11.9. The number of halogens is 3. The quantitative estimate of drug-likeness (QED) is 0.910. The molecule has 2 N–H and O–H groups in total. The molecule has 1 aromatic heterocycles. The number of aromatic nitrogens is 1. The molecule has 20 heavy (non-hydrogen) atoms. The fourth-order valence-corrected chi connectivity index (χ4v) is 2.30. The Labute approximate surface area is 127 Å². The second-order valence-electron chi connectivity index (χ2n) is 4.51. The smallest absolute Gasteiger partial charge is 0.157 e. The van der Waals surface area contributed by atoms with E-state index in [2.05, 4.69) is 11.9 Å². The van der Waals surface area contributed by atoms with E-state index in [0.29, 0.717) is 33.3 Å². The number of hydrogen-bond acceptors (Lipinski definition) is 3. The highest BCUT2D eigenvalue weighted by atomic mass is 35.5. The number of nitrogens with two attached hydrogens (primary N) is 1. The Morgan fingerprint density at radius 1 is 1.30 bits per heavy atom. The molecule has 0 aliphatic rings. The van der Waals surface area contributed by atoms with E-state index < -0.39 is 5.82 Å². The summed E-state index contributed by atoms with van der Waals surface area (Å²) in [6.07, 6.45) is 0. The molecular weight excluding hydrogens is 300 g/mol. The summed E-state index contributed by atoms with van der Waals surface area (Å²) in [5.41, 5.74) is 7.34. The van der Waals surface area contributed by atoms with Gasteiger partial charge in [0.25, 0.3) is 0 Å². The highest BCUT2D eigenvalue weighted by Crippen LogP contribution is 2.35. The van der Waals surface area contributed by atoms with Gasteiger partial charge >= 0.3 is 0 Å². The maximum atomic E-state index is 14.6. The van der Waals surface area contributed by atoms with Crippen molar-refractivity contribution >= 4 is 34.6 Å². The van der Waals surface area contributed by atoms with Crippen LogP contribution in [0, 0.1) is 12.7 Å². The zero-order valence-electron chi connectivity index (χ0n) is 11.0. The summed E-state index contributed by atoms with van der Waals surface area (Å²) in [6, 6.07) is 4.69. The summed E-state index contributed by atoms with van der Waals surface area (Å²) in [5, 5.41) is 0.601. The maximum absolute atomic E-state index is 14.6. The molecule has 0 aliphatic carbocycles. The van der Waals surface area contributed by atoms with Crippen molar-refractivity contribution in [3.8, 4) is 11.3 Å². The van der Waals surface area contributed by atoms with Gasteiger partial charge in [0.15, 0.2) is 5.82 Å². The number of pyridine rings is 1. The van der Waals surface area contributed by atoms with Gasteiger partial charge in [-0.25, -0.2) is 4.39 Å². The van der Waals surface area contributed by atoms with Gasteiger partial charge in [-0.2, -0.15) is 0 Å². The molecule has 105 valence electrons. The molecule has 0 saturated carbocycles. The van der Waals surface area contributed by atoms with E-state index in [1.54, 1.807) is 31.1 Å². The number of anilines is 2. The average Bonchev–Trinajstić information content (AvgIpc) is 2.35. The summed E-state index contributed by atoms with van der Waals surface area (Å²) in [7, 11) is 3.43. The van der Waals surface area contributed by atoms with Crippen molar-refractivity contribution in [2.24, 2.45) is 0 Å². The molecule has 1 radical (unpaired) electrons. The summed E-state index contributed by atoms with van der Waals surface area (Å²) in [4.78, 5) is 5.77. The lowest BCUT2D eigenvalue weighted by Crippen LogP contribution is -2.12. The largest absolute Gasteiger partial charge is 0.397 e. The van der Waals surface area contributed by atoms with E-state index in [9.17, 15) is 4.39 Å². The maximum Gasteiger partial charge on any atom is 0.157 e. The Balaban J connectivity index is 2.68. The van der Waals surface area contributed by atoms with Crippen LogP contribution in [0.3, 0.4) is 0 Å². The lowest BCUT2D eigenvalue weighted by Gasteiger charge is -2.17. The van der Waals surface area contributed by atoms with Crippen LogP contribution in [0.15, 0.2) is 18.2 Å². The van der Waals surface area contributed by atoms with Gasteiger partial charge in [-0.15, -0.1) is 0 Å². The Kier molecular flexibility index (Phi) is 4.06. The molecule has 0 saturated heterocycles. The molecule has 0 unspecified atom stereocenters. The van der Waals surface area contributed by atoms with E-state index in [4.69, 9.17) is 28.9 Å². The molecule has 0 aliphatic heterocycles. The predicted molar refractivity (Wildman–Crippen MR) is 82.8 cm³/mol. The molecule has 0 spiro atoms. The van der Waals surface area contributed by atoms with E-state index >= 15 is 0 Å². The number of benzene rings is 1. The van der Waals surface area contributed by atoms with Gasteiger partial charge in [0.2, 0.25) is 0 Å². The predicted octanol–water partition coefficient (Wildman–Crippen LogP) is 4.02. The number of rotatable bonds is 2. The molecule has 0 amide bonds. The Bertz CT molecular complexity index is 649. The van der Waals surface area contributed by atoms with Crippen LogP contribution in [-0.2, 0) is 0 Å². The van der Waals surface area contributed by atoms with Crippen molar-refractivity contribution in [1.82, 2.24) is 4.98 Å². The summed E-state index contributed by atoms with van der Waals surface area (Å²) in [5.74, 6) is -0.462. The number of nitrogens with zero attached hydrogens (tertiary/aromatic N) is 2. The Morgan fingerprint density at radius 2 is 1.95 bits per heavy atom. The third kappa shape index (κ3) is 2.53. The number of hydrogen-bond donors (Lipinski definition) is 1.